The molecule has 0 spiro atoms. The minimum absolute atomic E-state index is 0.164. The Labute approximate surface area is 143 Å². The fourth-order valence-electron chi connectivity index (χ4n) is 3.79. The summed E-state index contributed by atoms with van der Waals surface area (Å²) in [5, 5.41) is 9.61. The lowest BCUT2D eigenvalue weighted by atomic mass is 9.98. The summed E-state index contributed by atoms with van der Waals surface area (Å²) >= 11 is 0. The molecular weight excluding hydrogens is 328 g/mol. The quantitative estimate of drug-likeness (QED) is 0.892. The van der Waals surface area contributed by atoms with Crippen molar-refractivity contribution in [1.29, 1.82) is 0 Å². The van der Waals surface area contributed by atoms with E-state index in [-0.39, 0.29) is 17.5 Å². The summed E-state index contributed by atoms with van der Waals surface area (Å²) < 4.78 is 27.0. The second-order valence-electron chi connectivity index (χ2n) is 6.71. The van der Waals surface area contributed by atoms with E-state index < -0.39 is 22.0 Å². The van der Waals surface area contributed by atoms with Crippen LogP contribution in [0.25, 0.3) is 0 Å². The Morgan fingerprint density at radius 2 is 1.92 bits per heavy atom. The van der Waals surface area contributed by atoms with Crippen LogP contribution < -0.4 is 0 Å². The van der Waals surface area contributed by atoms with E-state index >= 15 is 0 Å². The van der Waals surface area contributed by atoms with Crippen LogP contribution in [0.2, 0.25) is 0 Å². The van der Waals surface area contributed by atoms with E-state index in [9.17, 15) is 18.3 Å². The molecule has 7 heteroatoms. The van der Waals surface area contributed by atoms with Gasteiger partial charge in [0.05, 0.1) is 4.90 Å². The van der Waals surface area contributed by atoms with Gasteiger partial charge in [0.1, 0.15) is 6.04 Å². The molecule has 2 fully saturated rings. The lowest BCUT2D eigenvalue weighted by Gasteiger charge is -2.39. The molecule has 24 heavy (non-hydrogen) atoms. The number of rotatable bonds is 4. The van der Waals surface area contributed by atoms with Crippen molar-refractivity contribution >= 4 is 16.0 Å². The highest BCUT2D eigenvalue weighted by Crippen LogP contribution is 2.29. The molecule has 2 atom stereocenters. The maximum Gasteiger partial charge on any atom is 0.322 e. The standard InChI is InChI=1S/C17H24N2O4S/c1-13-5-4-6-15(11-13)24(22,23)19-10-7-14(12-16(19)17(20)21)18-8-2-3-9-18/h4-6,11,14,16H,2-3,7-10,12H2,1H3,(H,20,21)/t14-,16+/m1/s1. The van der Waals surface area contributed by atoms with Gasteiger partial charge in [-0.1, -0.05) is 12.1 Å². The molecule has 0 bridgehead atoms. The Morgan fingerprint density at radius 1 is 1.21 bits per heavy atom. The highest BCUT2D eigenvalue weighted by atomic mass is 32.2. The monoisotopic (exact) mass is 352 g/mol. The summed E-state index contributed by atoms with van der Waals surface area (Å²) in [4.78, 5) is 14.2. The Morgan fingerprint density at radius 3 is 2.54 bits per heavy atom. The van der Waals surface area contributed by atoms with Crippen molar-refractivity contribution < 1.29 is 18.3 Å². The van der Waals surface area contributed by atoms with Crippen LogP contribution in [0.1, 0.15) is 31.2 Å². The zero-order valence-corrected chi connectivity index (χ0v) is 14.7. The van der Waals surface area contributed by atoms with Gasteiger partial charge in [0.15, 0.2) is 0 Å². The lowest BCUT2D eigenvalue weighted by Crippen LogP contribution is -2.54. The van der Waals surface area contributed by atoms with Crippen LogP contribution in [0, 0.1) is 6.92 Å². The van der Waals surface area contributed by atoms with Crippen LogP contribution in [0.5, 0.6) is 0 Å². The Kier molecular flexibility index (Phi) is 4.94. The molecule has 0 amide bonds. The molecule has 0 aromatic heterocycles. The summed E-state index contributed by atoms with van der Waals surface area (Å²) in [6, 6.07) is 5.82. The van der Waals surface area contributed by atoms with Gasteiger partial charge in [-0.05, 0) is 63.4 Å². The number of aliphatic carboxylic acids is 1. The molecule has 0 unspecified atom stereocenters. The van der Waals surface area contributed by atoms with Crippen LogP contribution in [0.4, 0.5) is 0 Å². The van der Waals surface area contributed by atoms with Gasteiger partial charge in [-0.2, -0.15) is 4.31 Å². The first-order valence-electron chi connectivity index (χ1n) is 8.45. The Balaban J connectivity index is 1.85. The molecule has 0 aliphatic carbocycles. The van der Waals surface area contributed by atoms with Crippen molar-refractivity contribution in [2.24, 2.45) is 0 Å². The third kappa shape index (κ3) is 3.34. The molecule has 6 nitrogen and oxygen atoms in total. The molecule has 2 saturated heterocycles. The summed E-state index contributed by atoms with van der Waals surface area (Å²) in [5.74, 6) is -1.06. The largest absolute Gasteiger partial charge is 0.480 e. The lowest BCUT2D eigenvalue weighted by molar-refractivity contribution is -0.143. The normalized spacial score (nSPS) is 26.5. The smallest absolute Gasteiger partial charge is 0.322 e. The predicted octanol–water partition coefficient (Wildman–Crippen LogP) is 1.70. The highest BCUT2D eigenvalue weighted by molar-refractivity contribution is 7.89. The van der Waals surface area contributed by atoms with E-state index in [1.165, 1.54) is 10.4 Å². The van der Waals surface area contributed by atoms with Gasteiger partial charge in [0, 0.05) is 12.6 Å². The average molecular weight is 352 g/mol. The number of benzene rings is 1. The molecule has 2 aliphatic heterocycles. The van der Waals surface area contributed by atoms with Gasteiger partial charge >= 0.3 is 5.97 Å². The number of sulfonamides is 1. The number of carboxylic acids is 1. The van der Waals surface area contributed by atoms with Crippen LogP contribution in [0.15, 0.2) is 29.2 Å². The maximum absolute atomic E-state index is 12.9. The van der Waals surface area contributed by atoms with Crippen LogP contribution in [-0.4, -0.2) is 60.4 Å². The zero-order valence-electron chi connectivity index (χ0n) is 13.9. The Bertz CT molecular complexity index is 713. The molecule has 3 rings (SSSR count). The number of likely N-dealkylation sites (tertiary alicyclic amines) is 1. The first-order valence-corrected chi connectivity index (χ1v) is 9.89. The number of hydrogen-bond acceptors (Lipinski definition) is 4. The van der Waals surface area contributed by atoms with Gasteiger partial charge in [0.2, 0.25) is 10.0 Å². The fraction of sp³-hybridized carbons (Fsp3) is 0.588. The third-order valence-corrected chi connectivity index (χ3v) is 6.97. The minimum Gasteiger partial charge on any atom is -0.480 e. The number of piperidine rings is 1. The molecule has 132 valence electrons. The summed E-state index contributed by atoms with van der Waals surface area (Å²) in [5.41, 5.74) is 0.843. The number of carbonyl (C=O) groups is 1. The molecule has 0 saturated carbocycles. The van der Waals surface area contributed by atoms with E-state index in [4.69, 9.17) is 0 Å². The van der Waals surface area contributed by atoms with Crippen LogP contribution in [0.3, 0.4) is 0 Å². The van der Waals surface area contributed by atoms with Crippen molar-refractivity contribution in [3.05, 3.63) is 29.8 Å². The van der Waals surface area contributed by atoms with Gasteiger partial charge in [-0.3, -0.25) is 4.79 Å². The topological polar surface area (TPSA) is 77.9 Å². The van der Waals surface area contributed by atoms with Crippen LogP contribution in [-0.2, 0) is 14.8 Å². The molecule has 1 N–H and O–H groups in total. The second kappa shape index (κ2) is 6.82. The Hall–Kier alpha value is -1.44. The van der Waals surface area contributed by atoms with E-state index in [1.54, 1.807) is 12.1 Å². The molecule has 2 heterocycles. The first kappa shape index (κ1) is 17.4. The molecule has 1 aromatic rings. The molecule has 0 radical (unpaired) electrons. The fourth-order valence-corrected chi connectivity index (χ4v) is 5.50. The number of aryl methyl sites for hydroxylation is 1. The van der Waals surface area contributed by atoms with Crippen LogP contribution >= 0.6 is 0 Å². The van der Waals surface area contributed by atoms with Gasteiger partial charge in [-0.15, -0.1) is 0 Å². The second-order valence-corrected chi connectivity index (χ2v) is 8.60. The summed E-state index contributed by atoms with van der Waals surface area (Å²) in [6.07, 6.45) is 3.33. The summed E-state index contributed by atoms with van der Waals surface area (Å²) in [7, 11) is -3.79. The number of hydrogen-bond donors (Lipinski definition) is 1. The van der Waals surface area contributed by atoms with E-state index in [0.29, 0.717) is 12.8 Å². The van der Waals surface area contributed by atoms with Crippen molar-refractivity contribution in [1.82, 2.24) is 9.21 Å². The van der Waals surface area contributed by atoms with E-state index in [0.717, 1.165) is 31.5 Å². The van der Waals surface area contributed by atoms with Gasteiger partial charge in [0.25, 0.3) is 0 Å². The van der Waals surface area contributed by atoms with Crippen molar-refractivity contribution in [2.75, 3.05) is 19.6 Å². The third-order valence-electron chi connectivity index (χ3n) is 5.06. The highest BCUT2D eigenvalue weighted by Gasteiger charge is 2.42. The predicted molar refractivity (Wildman–Crippen MR) is 90.3 cm³/mol. The van der Waals surface area contributed by atoms with E-state index in [2.05, 4.69) is 4.90 Å². The van der Waals surface area contributed by atoms with E-state index in [1.807, 2.05) is 13.0 Å². The molecular formula is C17H24N2O4S. The average Bonchev–Trinajstić information content (AvgIpc) is 3.08. The molecule has 2 aliphatic rings. The maximum atomic E-state index is 12.9. The van der Waals surface area contributed by atoms with Gasteiger partial charge < -0.3 is 10.0 Å². The van der Waals surface area contributed by atoms with Crippen molar-refractivity contribution in [3.63, 3.8) is 0 Å². The van der Waals surface area contributed by atoms with Crippen molar-refractivity contribution in [2.45, 2.75) is 49.6 Å². The van der Waals surface area contributed by atoms with Gasteiger partial charge in [-0.25, -0.2) is 8.42 Å². The van der Waals surface area contributed by atoms with Crippen molar-refractivity contribution in [3.8, 4) is 0 Å². The first-order chi connectivity index (χ1) is 11.4. The minimum atomic E-state index is -3.79. The number of carboxylic acid groups (broad SMARTS) is 1. The zero-order chi connectivity index (χ0) is 17.3. The SMILES string of the molecule is Cc1cccc(S(=O)(=O)N2CC[C@@H](N3CCCC3)C[C@H]2C(=O)O)c1. The molecule has 1 aromatic carbocycles. The summed E-state index contributed by atoms with van der Waals surface area (Å²) in [6.45, 7) is 4.06. The number of nitrogens with zero attached hydrogens (tertiary/aromatic N) is 2.